The van der Waals surface area contributed by atoms with Gasteiger partial charge in [-0.3, -0.25) is 4.79 Å². The van der Waals surface area contributed by atoms with Crippen LogP contribution < -0.4 is 10.4 Å². The molecular formula is C14H13NO4. The van der Waals surface area contributed by atoms with Crippen LogP contribution in [0.2, 0.25) is 0 Å². The minimum absolute atomic E-state index is 0.204. The van der Waals surface area contributed by atoms with Crippen LogP contribution in [0, 0.1) is 6.92 Å². The van der Waals surface area contributed by atoms with Crippen LogP contribution in [-0.4, -0.2) is 15.8 Å². The number of aromatic nitrogens is 1. The molecule has 0 spiro atoms. The highest BCUT2D eigenvalue weighted by Gasteiger charge is 2.10. The van der Waals surface area contributed by atoms with E-state index in [4.69, 9.17) is 9.94 Å². The maximum atomic E-state index is 11.8. The molecule has 19 heavy (non-hydrogen) atoms. The Balaban J connectivity index is 2.21. The van der Waals surface area contributed by atoms with Gasteiger partial charge in [0.05, 0.1) is 0 Å². The Morgan fingerprint density at radius 1 is 1.26 bits per heavy atom. The third-order valence-electron chi connectivity index (χ3n) is 2.77. The highest BCUT2D eigenvalue weighted by atomic mass is 16.7. The van der Waals surface area contributed by atoms with Gasteiger partial charge in [-0.1, -0.05) is 24.3 Å². The Kier molecular flexibility index (Phi) is 3.66. The van der Waals surface area contributed by atoms with Gasteiger partial charge in [0, 0.05) is 6.20 Å². The van der Waals surface area contributed by atoms with Gasteiger partial charge in [0.1, 0.15) is 12.2 Å². The van der Waals surface area contributed by atoms with E-state index in [2.05, 4.69) is 0 Å². The molecule has 1 aromatic carbocycles. The van der Waals surface area contributed by atoms with Gasteiger partial charge < -0.3 is 9.94 Å². The van der Waals surface area contributed by atoms with Crippen LogP contribution >= 0.6 is 0 Å². The highest BCUT2D eigenvalue weighted by Crippen LogP contribution is 2.06. The van der Waals surface area contributed by atoms with Crippen molar-refractivity contribution in [3.05, 3.63) is 69.6 Å². The van der Waals surface area contributed by atoms with Crippen LogP contribution in [-0.2, 0) is 6.61 Å². The molecule has 0 saturated heterocycles. The van der Waals surface area contributed by atoms with Crippen LogP contribution in [0.4, 0.5) is 0 Å². The summed E-state index contributed by atoms with van der Waals surface area (Å²) in [5.41, 5.74) is 0.996. The van der Waals surface area contributed by atoms with E-state index in [1.807, 2.05) is 31.2 Å². The van der Waals surface area contributed by atoms with Crippen molar-refractivity contribution in [3.63, 3.8) is 0 Å². The normalized spacial score (nSPS) is 10.2. The fraction of sp³-hybridized carbons (Fsp3) is 0.143. The summed E-state index contributed by atoms with van der Waals surface area (Å²) in [7, 11) is 0. The van der Waals surface area contributed by atoms with E-state index in [1.165, 1.54) is 18.3 Å². The summed E-state index contributed by atoms with van der Waals surface area (Å²) >= 11 is 0. The quantitative estimate of drug-likeness (QED) is 0.903. The molecule has 0 aliphatic carbocycles. The summed E-state index contributed by atoms with van der Waals surface area (Å²) in [6, 6.07) is 10.3. The Labute approximate surface area is 109 Å². The molecule has 0 fully saturated rings. The van der Waals surface area contributed by atoms with Gasteiger partial charge in [-0.05, 0) is 30.2 Å². The number of pyridine rings is 1. The second kappa shape index (κ2) is 5.39. The van der Waals surface area contributed by atoms with Gasteiger partial charge in [0.15, 0.2) is 0 Å². The summed E-state index contributed by atoms with van der Waals surface area (Å²) in [6.45, 7) is 2.14. The first-order chi connectivity index (χ1) is 9.09. The Bertz CT molecular complexity index is 660. The number of carboxylic acid groups (broad SMARTS) is 1. The zero-order valence-corrected chi connectivity index (χ0v) is 10.4. The number of hydrogen-bond donors (Lipinski definition) is 1. The molecule has 1 aromatic heterocycles. The molecule has 0 bridgehead atoms. The molecule has 0 aliphatic rings. The monoisotopic (exact) mass is 259 g/mol. The minimum Gasteiger partial charge on any atom is -0.477 e. The molecule has 0 atom stereocenters. The maximum absolute atomic E-state index is 11.8. The molecule has 1 N–H and O–H groups in total. The van der Waals surface area contributed by atoms with Gasteiger partial charge in [0.2, 0.25) is 0 Å². The molecule has 0 aliphatic heterocycles. The second-order valence-corrected chi connectivity index (χ2v) is 4.06. The van der Waals surface area contributed by atoms with Crippen molar-refractivity contribution >= 4 is 5.97 Å². The molecule has 2 aromatic rings. The fourth-order valence-corrected chi connectivity index (χ4v) is 1.65. The lowest BCUT2D eigenvalue weighted by Crippen LogP contribution is -2.30. The maximum Gasteiger partial charge on any atom is 0.341 e. The van der Waals surface area contributed by atoms with Crippen molar-refractivity contribution in [2.75, 3.05) is 0 Å². The van der Waals surface area contributed by atoms with Crippen LogP contribution in [0.15, 0.2) is 47.4 Å². The van der Waals surface area contributed by atoms with Crippen molar-refractivity contribution in [2.45, 2.75) is 13.5 Å². The van der Waals surface area contributed by atoms with Crippen molar-refractivity contribution in [1.29, 1.82) is 0 Å². The van der Waals surface area contributed by atoms with Crippen molar-refractivity contribution in [2.24, 2.45) is 0 Å². The third kappa shape index (κ3) is 2.82. The molecule has 0 amide bonds. The lowest BCUT2D eigenvalue weighted by Gasteiger charge is -2.10. The number of rotatable bonds is 4. The summed E-state index contributed by atoms with van der Waals surface area (Å²) in [6.07, 6.45) is 1.40. The van der Waals surface area contributed by atoms with E-state index in [-0.39, 0.29) is 12.2 Å². The Morgan fingerprint density at radius 3 is 2.68 bits per heavy atom. The molecule has 0 radical (unpaired) electrons. The number of aromatic carboxylic acids is 1. The lowest BCUT2D eigenvalue weighted by atomic mass is 10.1. The minimum atomic E-state index is -1.26. The zero-order chi connectivity index (χ0) is 13.8. The van der Waals surface area contributed by atoms with E-state index in [1.54, 1.807) is 0 Å². The largest absolute Gasteiger partial charge is 0.477 e. The third-order valence-corrected chi connectivity index (χ3v) is 2.77. The van der Waals surface area contributed by atoms with Gasteiger partial charge in [0.25, 0.3) is 5.56 Å². The Morgan fingerprint density at radius 2 is 2.00 bits per heavy atom. The summed E-state index contributed by atoms with van der Waals surface area (Å²) in [4.78, 5) is 27.9. The average molecular weight is 259 g/mol. The molecular weight excluding hydrogens is 246 g/mol. The molecule has 98 valence electrons. The highest BCUT2D eigenvalue weighted by molar-refractivity contribution is 5.86. The predicted molar refractivity (Wildman–Crippen MR) is 69.1 cm³/mol. The number of carbonyl (C=O) groups is 1. The standard InChI is InChI=1S/C14H13NO4/c1-10-5-2-3-6-11(10)9-19-15-8-4-7-12(13(15)16)14(17)18/h2-8H,9H2,1H3,(H,17,18). The number of nitrogens with zero attached hydrogens (tertiary/aromatic N) is 1. The first-order valence-corrected chi connectivity index (χ1v) is 5.72. The van der Waals surface area contributed by atoms with Crippen LogP contribution in [0.25, 0.3) is 0 Å². The first-order valence-electron chi connectivity index (χ1n) is 5.72. The molecule has 0 unspecified atom stereocenters. The first kappa shape index (κ1) is 12.9. The summed E-state index contributed by atoms with van der Waals surface area (Å²) < 4.78 is 0.940. The topological polar surface area (TPSA) is 68.5 Å². The van der Waals surface area contributed by atoms with Gasteiger partial charge in [-0.15, -0.1) is 0 Å². The van der Waals surface area contributed by atoms with E-state index in [0.29, 0.717) is 0 Å². The van der Waals surface area contributed by atoms with Gasteiger partial charge in [-0.25, -0.2) is 4.79 Å². The number of benzene rings is 1. The van der Waals surface area contributed by atoms with Crippen LogP contribution in [0.5, 0.6) is 0 Å². The van der Waals surface area contributed by atoms with Crippen molar-refractivity contribution in [1.82, 2.24) is 4.73 Å². The molecule has 5 heteroatoms. The Hall–Kier alpha value is -2.56. The van der Waals surface area contributed by atoms with E-state index >= 15 is 0 Å². The molecule has 0 saturated carbocycles. The zero-order valence-electron chi connectivity index (χ0n) is 10.4. The molecule has 5 nitrogen and oxygen atoms in total. The van der Waals surface area contributed by atoms with Crippen molar-refractivity contribution in [3.8, 4) is 0 Å². The van der Waals surface area contributed by atoms with Gasteiger partial charge >= 0.3 is 5.97 Å². The van der Waals surface area contributed by atoms with Crippen molar-refractivity contribution < 1.29 is 14.7 Å². The summed E-state index contributed by atoms with van der Waals surface area (Å²) in [5, 5.41) is 8.85. The SMILES string of the molecule is Cc1ccccc1COn1cccc(C(=O)O)c1=O. The lowest BCUT2D eigenvalue weighted by molar-refractivity contribution is 0.0667. The number of aryl methyl sites for hydroxylation is 1. The number of carboxylic acids is 1. The van der Waals surface area contributed by atoms with Gasteiger partial charge in [-0.2, -0.15) is 4.73 Å². The van der Waals surface area contributed by atoms with E-state index < -0.39 is 11.5 Å². The fourth-order valence-electron chi connectivity index (χ4n) is 1.65. The van der Waals surface area contributed by atoms with E-state index in [0.717, 1.165) is 15.9 Å². The van der Waals surface area contributed by atoms with Crippen LogP contribution in [0.3, 0.4) is 0 Å². The van der Waals surface area contributed by atoms with E-state index in [9.17, 15) is 9.59 Å². The smallest absolute Gasteiger partial charge is 0.341 e. The number of hydrogen-bond acceptors (Lipinski definition) is 3. The second-order valence-electron chi connectivity index (χ2n) is 4.06. The average Bonchev–Trinajstić information content (AvgIpc) is 2.39. The summed E-state index contributed by atoms with van der Waals surface area (Å²) in [5.74, 6) is -1.26. The van der Waals surface area contributed by atoms with Crippen LogP contribution in [0.1, 0.15) is 21.5 Å². The predicted octanol–water partition coefficient (Wildman–Crippen LogP) is 1.48. The molecule has 2 rings (SSSR count). The molecule has 1 heterocycles.